The van der Waals surface area contributed by atoms with Crippen LogP contribution in [0.2, 0.25) is 0 Å². The zero-order valence-corrected chi connectivity index (χ0v) is 12.9. The van der Waals surface area contributed by atoms with Crippen LogP contribution in [0.1, 0.15) is 24.7 Å². The summed E-state index contributed by atoms with van der Waals surface area (Å²) in [6.07, 6.45) is 1.62. The molecule has 0 bridgehead atoms. The third-order valence-corrected chi connectivity index (χ3v) is 3.41. The number of aromatic nitrogens is 2. The number of rotatable bonds is 4. The van der Waals surface area contributed by atoms with Crippen molar-refractivity contribution in [3.05, 3.63) is 39.9 Å². The highest BCUT2D eigenvalue weighted by Crippen LogP contribution is 2.32. The first-order valence-corrected chi connectivity index (χ1v) is 7.06. The van der Waals surface area contributed by atoms with Crippen molar-refractivity contribution < 1.29 is 9.13 Å². The van der Waals surface area contributed by atoms with Crippen LogP contribution in [-0.2, 0) is 6.42 Å². The van der Waals surface area contributed by atoms with Gasteiger partial charge in [-0.2, -0.15) is 4.98 Å². The van der Waals surface area contributed by atoms with Crippen LogP contribution in [0.4, 0.5) is 10.2 Å². The molecule has 0 aliphatic heterocycles. The van der Waals surface area contributed by atoms with Crippen LogP contribution in [0.25, 0.3) is 0 Å². The lowest BCUT2D eigenvalue weighted by atomic mass is 10.3. The summed E-state index contributed by atoms with van der Waals surface area (Å²) < 4.78 is 19.6. The minimum absolute atomic E-state index is 0.354. The molecule has 20 heavy (non-hydrogen) atoms. The number of halogens is 2. The van der Waals surface area contributed by atoms with Crippen LogP contribution >= 0.6 is 15.9 Å². The monoisotopic (exact) mass is 339 g/mol. The molecule has 2 rings (SSSR count). The molecule has 1 heterocycles. The molecule has 0 aliphatic rings. The Bertz CT molecular complexity index is 634. The molecule has 0 fully saturated rings. The molecule has 0 saturated heterocycles. The van der Waals surface area contributed by atoms with Crippen LogP contribution in [0.3, 0.4) is 0 Å². The third-order valence-electron chi connectivity index (χ3n) is 2.76. The largest absolute Gasteiger partial charge is 0.437 e. The maximum Gasteiger partial charge on any atom is 0.227 e. The molecule has 0 amide bonds. The Balaban J connectivity index is 2.39. The highest BCUT2D eigenvalue weighted by molar-refractivity contribution is 9.10. The van der Waals surface area contributed by atoms with E-state index in [9.17, 15) is 4.39 Å². The van der Waals surface area contributed by atoms with E-state index >= 15 is 0 Å². The second-order valence-electron chi connectivity index (χ2n) is 4.38. The van der Waals surface area contributed by atoms with Gasteiger partial charge in [-0.3, -0.25) is 0 Å². The summed E-state index contributed by atoms with van der Waals surface area (Å²) in [6.45, 7) is 3.80. The molecule has 0 aliphatic carbocycles. The van der Waals surface area contributed by atoms with Crippen molar-refractivity contribution in [3.63, 3.8) is 0 Å². The average molecular weight is 340 g/mol. The minimum atomic E-state index is -0.378. The number of anilines is 1. The van der Waals surface area contributed by atoms with Crippen LogP contribution in [0.5, 0.6) is 11.6 Å². The Hall–Kier alpha value is -1.69. The van der Waals surface area contributed by atoms with Gasteiger partial charge in [0.2, 0.25) is 5.88 Å². The molecule has 0 saturated carbocycles. The van der Waals surface area contributed by atoms with Crippen LogP contribution in [0.15, 0.2) is 22.7 Å². The summed E-state index contributed by atoms with van der Waals surface area (Å²) in [5.41, 5.74) is 6.50. The molecule has 1 aromatic heterocycles. The summed E-state index contributed by atoms with van der Waals surface area (Å²) in [4.78, 5) is 8.54. The quantitative estimate of drug-likeness (QED) is 0.913. The summed E-state index contributed by atoms with van der Waals surface area (Å²) in [5.74, 6) is 1.33. The summed E-state index contributed by atoms with van der Waals surface area (Å²) >= 11 is 3.31. The van der Waals surface area contributed by atoms with Crippen LogP contribution < -0.4 is 10.5 Å². The molecule has 1 aromatic carbocycles. The standard InChI is InChI=1S/C14H15BrFN3O/c1-3-4-12-18-13(17)8(2)14(19-12)20-11-7-9(16)5-6-10(11)15/h5-7H,3-4H2,1-2H3,(H2,17,18,19). The van der Waals surface area contributed by atoms with Crippen LogP contribution in [-0.4, -0.2) is 9.97 Å². The normalized spacial score (nSPS) is 10.6. The van der Waals surface area contributed by atoms with E-state index in [0.717, 1.165) is 6.42 Å². The Labute approximate surface area is 125 Å². The number of nitrogens with two attached hydrogens (primary N) is 1. The molecule has 0 unspecified atom stereocenters. The topological polar surface area (TPSA) is 61.0 Å². The zero-order valence-electron chi connectivity index (χ0n) is 11.3. The smallest absolute Gasteiger partial charge is 0.227 e. The van der Waals surface area contributed by atoms with E-state index in [-0.39, 0.29) is 5.82 Å². The lowest BCUT2D eigenvalue weighted by Gasteiger charge is -2.12. The minimum Gasteiger partial charge on any atom is -0.437 e. The fourth-order valence-corrected chi connectivity index (χ4v) is 1.98. The SMILES string of the molecule is CCCc1nc(N)c(C)c(Oc2cc(F)ccc2Br)n1. The first-order chi connectivity index (χ1) is 9.51. The van der Waals surface area contributed by atoms with Gasteiger partial charge in [-0.05, 0) is 41.4 Å². The van der Waals surface area contributed by atoms with E-state index in [4.69, 9.17) is 10.5 Å². The van der Waals surface area contributed by atoms with Gasteiger partial charge in [0.15, 0.2) is 0 Å². The summed E-state index contributed by atoms with van der Waals surface area (Å²) in [7, 11) is 0. The lowest BCUT2D eigenvalue weighted by molar-refractivity contribution is 0.447. The predicted octanol–water partition coefficient (Wildman–Crippen LogP) is 4.01. The van der Waals surface area contributed by atoms with Gasteiger partial charge in [-0.15, -0.1) is 0 Å². The highest BCUT2D eigenvalue weighted by Gasteiger charge is 2.12. The van der Waals surface area contributed by atoms with E-state index in [1.807, 2.05) is 6.92 Å². The summed E-state index contributed by atoms with van der Waals surface area (Å²) in [6, 6.07) is 4.22. The van der Waals surface area contributed by atoms with Crippen molar-refractivity contribution in [2.45, 2.75) is 26.7 Å². The second kappa shape index (κ2) is 6.17. The highest BCUT2D eigenvalue weighted by atomic mass is 79.9. The van der Waals surface area contributed by atoms with Gasteiger partial charge < -0.3 is 10.5 Å². The number of aryl methyl sites for hydroxylation is 1. The number of nitrogens with zero attached hydrogens (tertiary/aromatic N) is 2. The van der Waals surface area contributed by atoms with Crippen molar-refractivity contribution >= 4 is 21.7 Å². The van der Waals surface area contributed by atoms with Crippen molar-refractivity contribution in [3.8, 4) is 11.6 Å². The Kier molecular flexibility index (Phi) is 4.54. The maximum atomic E-state index is 13.3. The molecule has 4 nitrogen and oxygen atoms in total. The van der Waals surface area contributed by atoms with E-state index in [0.29, 0.717) is 39.7 Å². The fraction of sp³-hybridized carbons (Fsp3) is 0.286. The lowest BCUT2D eigenvalue weighted by Crippen LogP contribution is -2.05. The Morgan fingerprint density at radius 3 is 2.80 bits per heavy atom. The van der Waals surface area contributed by atoms with Gasteiger partial charge in [0.05, 0.1) is 10.0 Å². The van der Waals surface area contributed by atoms with Crippen molar-refractivity contribution in [2.75, 3.05) is 5.73 Å². The molecular formula is C14H15BrFN3O. The van der Waals surface area contributed by atoms with E-state index < -0.39 is 0 Å². The first kappa shape index (κ1) is 14.7. The van der Waals surface area contributed by atoms with E-state index in [1.54, 1.807) is 13.0 Å². The molecule has 0 atom stereocenters. The number of ether oxygens (including phenoxy) is 1. The first-order valence-electron chi connectivity index (χ1n) is 6.27. The van der Waals surface area contributed by atoms with Gasteiger partial charge in [-0.1, -0.05) is 6.92 Å². The molecule has 106 valence electrons. The van der Waals surface area contributed by atoms with Crippen molar-refractivity contribution in [1.29, 1.82) is 0 Å². The van der Waals surface area contributed by atoms with Crippen molar-refractivity contribution in [2.24, 2.45) is 0 Å². The van der Waals surface area contributed by atoms with Gasteiger partial charge in [0, 0.05) is 12.5 Å². The zero-order chi connectivity index (χ0) is 14.7. The molecular weight excluding hydrogens is 325 g/mol. The predicted molar refractivity (Wildman–Crippen MR) is 79.4 cm³/mol. The number of benzene rings is 1. The van der Waals surface area contributed by atoms with E-state index in [2.05, 4.69) is 25.9 Å². The van der Waals surface area contributed by atoms with Gasteiger partial charge in [0.1, 0.15) is 23.2 Å². The molecule has 2 aromatic rings. The van der Waals surface area contributed by atoms with Crippen molar-refractivity contribution in [1.82, 2.24) is 9.97 Å². The maximum absolute atomic E-state index is 13.3. The summed E-state index contributed by atoms with van der Waals surface area (Å²) in [5, 5.41) is 0. The average Bonchev–Trinajstić information content (AvgIpc) is 2.40. The van der Waals surface area contributed by atoms with E-state index in [1.165, 1.54) is 12.1 Å². The molecule has 6 heteroatoms. The number of hydrogen-bond acceptors (Lipinski definition) is 4. The molecule has 0 spiro atoms. The second-order valence-corrected chi connectivity index (χ2v) is 5.24. The van der Waals surface area contributed by atoms with Crippen LogP contribution in [0, 0.1) is 12.7 Å². The Morgan fingerprint density at radius 2 is 2.10 bits per heavy atom. The third kappa shape index (κ3) is 3.25. The number of nitrogen functional groups attached to an aromatic ring is 1. The Morgan fingerprint density at radius 1 is 1.35 bits per heavy atom. The van der Waals surface area contributed by atoms with Gasteiger partial charge >= 0.3 is 0 Å². The molecule has 2 N–H and O–H groups in total. The molecule has 0 radical (unpaired) electrons. The van der Waals surface area contributed by atoms with Gasteiger partial charge in [0.25, 0.3) is 0 Å². The fourth-order valence-electron chi connectivity index (χ4n) is 1.65. The van der Waals surface area contributed by atoms with Gasteiger partial charge in [-0.25, -0.2) is 9.37 Å². The number of hydrogen-bond donors (Lipinski definition) is 1.